The highest BCUT2D eigenvalue weighted by Crippen LogP contribution is 2.56. The van der Waals surface area contributed by atoms with E-state index >= 15 is 0 Å². The molecule has 1 aliphatic rings. The van der Waals surface area contributed by atoms with E-state index < -0.39 is 0 Å². The molecule has 0 amide bonds. The van der Waals surface area contributed by atoms with Crippen LogP contribution in [0, 0.1) is 0 Å². The van der Waals surface area contributed by atoms with Crippen molar-refractivity contribution in [2.45, 2.75) is 19.3 Å². The van der Waals surface area contributed by atoms with Gasteiger partial charge in [-0.25, -0.2) is 0 Å². The maximum atomic E-state index is 2.56. The lowest BCUT2D eigenvalue weighted by molar-refractivity contribution is 0.660. The highest BCUT2D eigenvalue weighted by Gasteiger charge is 2.38. The second-order valence-corrected chi connectivity index (χ2v) is 17.2. The molecular weight excluding hydrogens is 723 g/mol. The van der Waals surface area contributed by atoms with E-state index in [0.29, 0.717) is 0 Å². The first kappa shape index (κ1) is 33.5. The highest BCUT2D eigenvalue weighted by atomic mass is 15.1. The first-order valence-corrected chi connectivity index (χ1v) is 21.1. The average molecular weight is 762 g/mol. The lowest BCUT2D eigenvalue weighted by Crippen LogP contribution is -2.16. The summed E-state index contributed by atoms with van der Waals surface area (Å²) >= 11 is 0. The summed E-state index contributed by atoms with van der Waals surface area (Å²) in [5, 5.41) is 17.9. The Hall–Kier alpha value is -7.48. The van der Waals surface area contributed by atoms with E-state index in [2.05, 4.69) is 219 Å². The van der Waals surface area contributed by atoms with Crippen LogP contribution in [0.25, 0.3) is 97.7 Å². The third kappa shape index (κ3) is 4.58. The first-order valence-electron chi connectivity index (χ1n) is 21.1. The minimum absolute atomic E-state index is 0.134. The Morgan fingerprint density at radius 2 is 0.850 bits per heavy atom. The molecule has 0 bridgehead atoms. The number of benzene rings is 11. The maximum absolute atomic E-state index is 2.56. The second-order valence-electron chi connectivity index (χ2n) is 17.2. The van der Waals surface area contributed by atoms with Gasteiger partial charge in [0.05, 0.1) is 11.4 Å². The predicted molar refractivity (Wildman–Crippen MR) is 258 cm³/mol. The van der Waals surface area contributed by atoms with Gasteiger partial charge in [0.1, 0.15) is 0 Å². The van der Waals surface area contributed by atoms with Crippen molar-refractivity contribution in [3.05, 3.63) is 211 Å². The quantitative estimate of drug-likeness (QED) is 0.161. The molecule has 0 heterocycles. The Morgan fingerprint density at radius 3 is 1.58 bits per heavy atom. The zero-order chi connectivity index (χ0) is 39.7. The number of hydrogen-bond acceptors (Lipinski definition) is 1. The fourth-order valence-corrected chi connectivity index (χ4v) is 11.0. The second kappa shape index (κ2) is 12.3. The average Bonchev–Trinajstić information content (AvgIpc) is 3.54. The first-order chi connectivity index (χ1) is 29.5. The molecule has 0 spiro atoms. The third-order valence-electron chi connectivity index (χ3n) is 13.7. The zero-order valence-electron chi connectivity index (χ0n) is 33.5. The molecule has 1 nitrogen and oxygen atoms in total. The predicted octanol–water partition coefficient (Wildman–Crippen LogP) is 16.6. The standard InChI is InChI=1S/C59H39N/c1-59(2)50-23-6-5-17-48(50)58-51(59)24-11-25-52(58)60(43-32-30-37(31-33-43)41-29-26-36-12-3-4-13-40(36)34-41)53-35-42-16-9-20-45-44-18-7-14-38-27-28-39-15-8-19-46(55(39)54(38)44)47-21-10-22-49(53)57(47)56(42)45/h3-35H,1-2H3. The molecule has 0 fully saturated rings. The van der Waals surface area contributed by atoms with Crippen molar-refractivity contribution in [3.8, 4) is 22.3 Å². The van der Waals surface area contributed by atoms with Crippen molar-refractivity contribution in [2.24, 2.45) is 0 Å². The van der Waals surface area contributed by atoms with E-state index in [4.69, 9.17) is 0 Å². The van der Waals surface area contributed by atoms with E-state index in [1.165, 1.54) is 120 Å². The number of hydrogen-bond donors (Lipinski definition) is 0. The molecule has 0 atom stereocenters. The molecular formula is C59H39N. The van der Waals surface area contributed by atoms with Crippen molar-refractivity contribution >= 4 is 92.5 Å². The van der Waals surface area contributed by atoms with Crippen LogP contribution >= 0.6 is 0 Å². The van der Waals surface area contributed by atoms with Crippen molar-refractivity contribution in [2.75, 3.05) is 4.90 Å². The van der Waals surface area contributed by atoms with Gasteiger partial charge in [0.2, 0.25) is 0 Å². The van der Waals surface area contributed by atoms with Crippen molar-refractivity contribution < 1.29 is 0 Å². The van der Waals surface area contributed by atoms with Crippen molar-refractivity contribution in [1.82, 2.24) is 0 Å². The molecule has 0 unspecified atom stereocenters. The van der Waals surface area contributed by atoms with Crippen LogP contribution in [0.15, 0.2) is 200 Å². The van der Waals surface area contributed by atoms with Crippen molar-refractivity contribution in [1.29, 1.82) is 0 Å². The number of anilines is 3. The fourth-order valence-electron chi connectivity index (χ4n) is 11.0. The number of fused-ring (bicyclic) bond motifs is 6. The van der Waals surface area contributed by atoms with Gasteiger partial charge in [0, 0.05) is 27.4 Å². The summed E-state index contributed by atoms with van der Waals surface area (Å²) in [6.45, 7) is 4.75. The molecule has 12 aromatic rings. The van der Waals surface area contributed by atoms with E-state index in [1.54, 1.807) is 0 Å². The molecule has 13 rings (SSSR count). The van der Waals surface area contributed by atoms with Gasteiger partial charge in [0.15, 0.2) is 0 Å². The molecule has 12 aromatic carbocycles. The number of nitrogens with zero attached hydrogens (tertiary/aromatic N) is 1. The maximum Gasteiger partial charge on any atom is 0.0546 e. The smallest absolute Gasteiger partial charge is 0.0546 e. The van der Waals surface area contributed by atoms with Crippen LogP contribution in [0.4, 0.5) is 17.1 Å². The number of rotatable bonds is 4. The molecule has 0 aromatic heterocycles. The van der Waals surface area contributed by atoms with Gasteiger partial charge in [-0.2, -0.15) is 0 Å². The molecule has 60 heavy (non-hydrogen) atoms. The largest absolute Gasteiger partial charge is 0.309 e. The van der Waals surface area contributed by atoms with E-state index in [9.17, 15) is 0 Å². The summed E-state index contributed by atoms with van der Waals surface area (Å²) in [4.78, 5) is 2.56. The third-order valence-corrected chi connectivity index (χ3v) is 13.7. The highest BCUT2D eigenvalue weighted by molar-refractivity contribution is 6.38. The van der Waals surface area contributed by atoms with Gasteiger partial charge in [-0.05, 0) is 123 Å². The molecule has 0 radical (unpaired) electrons. The Kier molecular flexibility index (Phi) is 6.85. The zero-order valence-corrected chi connectivity index (χ0v) is 33.5. The van der Waals surface area contributed by atoms with Crippen LogP contribution in [-0.2, 0) is 5.41 Å². The molecule has 0 N–H and O–H groups in total. The van der Waals surface area contributed by atoms with Gasteiger partial charge in [-0.15, -0.1) is 0 Å². The van der Waals surface area contributed by atoms with E-state index in [-0.39, 0.29) is 5.41 Å². The summed E-state index contributed by atoms with van der Waals surface area (Å²) in [6, 6.07) is 75.2. The van der Waals surface area contributed by atoms with Crippen LogP contribution in [0.2, 0.25) is 0 Å². The Balaban J connectivity index is 1.15. The summed E-state index contributed by atoms with van der Waals surface area (Å²) in [7, 11) is 0. The molecule has 280 valence electrons. The molecule has 1 heteroatoms. The fraction of sp³-hybridized carbons (Fsp3) is 0.0508. The van der Waals surface area contributed by atoms with Crippen molar-refractivity contribution in [3.63, 3.8) is 0 Å². The van der Waals surface area contributed by atoms with Crippen LogP contribution in [-0.4, -0.2) is 0 Å². The summed E-state index contributed by atoms with van der Waals surface area (Å²) in [6.07, 6.45) is 0. The SMILES string of the molecule is CC1(C)c2ccccc2-c2c(N(c3ccc(-c4ccc5ccccc5c4)cc3)c3cc4cccc5c6cccc7ccc8cccc(c9cccc3c9c45)c8c76)cccc21. The Morgan fingerprint density at radius 1 is 0.333 bits per heavy atom. The normalized spacial score (nSPS) is 13.3. The summed E-state index contributed by atoms with van der Waals surface area (Å²) in [5.41, 5.74) is 11.1. The van der Waals surface area contributed by atoms with E-state index in [1.807, 2.05) is 0 Å². The Bertz CT molecular complexity index is 3740. The van der Waals surface area contributed by atoms with Gasteiger partial charge in [-0.3, -0.25) is 0 Å². The van der Waals surface area contributed by atoms with Gasteiger partial charge < -0.3 is 4.90 Å². The van der Waals surface area contributed by atoms with Crippen LogP contribution in [0.3, 0.4) is 0 Å². The minimum atomic E-state index is -0.134. The summed E-state index contributed by atoms with van der Waals surface area (Å²) in [5.74, 6) is 0. The lowest BCUT2D eigenvalue weighted by atomic mass is 9.82. The Labute approximate surface area is 348 Å². The van der Waals surface area contributed by atoms with Crippen LogP contribution in [0.5, 0.6) is 0 Å². The van der Waals surface area contributed by atoms with Gasteiger partial charge in [0.25, 0.3) is 0 Å². The van der Waals surface area contributed by atoms with Gasteiger partial charge in [-0.1, -0.05) is 184 Å². The summed E-state index contributed by atoms with van der Waals surface area (Å²) < 4.78 is 0. The molecule has 1 aliphatic carbocycles. The minimum Gasteiger partial charge on any atom is -0.309 e. The molecule has 0 aliphatic heterocycles. The topological polar surface area (TPSA) is 3.24 Å². The van der Waals surface area contributed by atoms with Crippen LogP contribution in [0.1, 0.15) is 25.0 Å². The lowest BCUT2D eigenvalue weighted by Gasteiger charge is -2.31. The van der Waals surface area contributed by atoms with Gasteiger partial charge >= 0.3 is 0 Å². The monoisotopic (exact) mass is 761 g/mol. The van der Waals surface area contributed by atoms with E-state index in [0.717, 1.165) is 5.69 Å². The van der Waals surface area contributed by atoms with Crippen LogP contribution < -0.4 is 4.90 Å². The molecule has 0 saturated carbocycles. The molecule has 0 saturated heterocycles.